The second-order valence-electron chi connectivity index (χ2n) is 9.55. The second kappa shape index (κ2) is 8.68. The minimum Gasteiger partial charge on any atom is -0.490 e. The third-order valence-corrected chi connectivity index (χ3v) is 7.21. The molecule has 1 N–H and O–H groups in total. The molecule has 160 valence electrons. The lowest BCUT2D eigenvalue weighted by molar-refractivity contribution is -0.104. The van der Waals surface area contributed by atoms with E-state index >= 15 is 0 Å². The fourth-order valence-corrected chi connectivity index (χ4v) is 5.46. The van der Waals surface area contributed by atoms with Gasteiger partial charge in [-0.2, -0.15) is 0 Å². The maximum Gasteiger partial charge on any atom is 0.120 e. The molecule has 0 amide bonds. The molecule has 2 saturated carbocycles. The quantitative estimate of drug-likeness (QED) is 0.615. The van der Waals surface area contributed by atoms with Gasteiger partial charge in [0.2, 0.25) is 0 Å². The largest absolute Gasteiger partial charge is 0.490 e. The standard InChI is InChI=1S/C26H34N2O2/c1-4-15-28-24(8-1)25(14-17-29-26(20-25)11-2-3-12-26)13-16-27-19-21-6-5-7-23(18-21)30-22-9-10-22/h1,4-8,15,18,22,27H,2-3,9-14,16-17,19-20H2. The molecule has 5 rings (SSSR count). The normalized spacial score (nSPS) is 25.5. The Morgan fingerprint density at radius 1 is 1.07 bits per heavy atom. The molecule has 1 aromatic heterocycles. The molecule has 1 saturated heterocycles. The molecular weight excluding hydrogens is 372 g/mol. The average Bonchev–Trinajstić information content (AvgIpc) is 3.49. The van der Waals surface area contributed by atoms with Gasteiger partial charge < -0.3 is 14.8 Å². The Morgan fingerprint density at radius 3 is 2.77 bits per heavy atom. The molecule has 2 aromatic rings. The van der Waals surface area contributed by atoms with Gasteiger partial charge in [0.25, 0.3) is 0 Å². The Kier molecular flexibility index (Phi) is 5.79. The number of nitrogens with zero attached hydrogens (tertiary/aromatic N) is 1. The van der Waals surface area contributed by atoms with Gasteiger partial charge in [-0.05, 0) is 81.3 Å². The van der Waals surface area contributed by atoms with Crippen LogP contribution in [0.2, 0.25) is 0 Å². The SMILES string of the molecule is c1ccc(C2(CCNCc3cccc(OC4CC4)c3)CCOC3(CCCC3)C2)nc1. The topological polar surface area (TPSA) is 43.4 Å². The van der Waals surface area contributed by atoms with Crippen molar-refractivity contribution >= 4 is 0 Å². The van der Waals surface area contributed by atoms with E-state index < -0.39 is 0 Å². The Morgan fingerprint density at radius 2 is 1.97 bits per heavy atom. The van der Waals surface area contributed by atoms with Crippen LogP contribution in [0.1, 0.15) is 69.0 Å². The summed E-state index contributed by atoms with van der Waals surface area (Å²) >= 11 is 0. The van der Waals surface area contributed by atoms with Crippen molar-refractivity contribution in [3.63, 3.8) is 0 Å². The number of ether oxygens (including phenoxy) is 2. The van der Waals surface area contributed by atoms with Crippen LogP contribution < -0.4 is 10.1 Å². The summed E-state index contributed by atoms with van der Waals surface area (Å²) in [7, 11) is 0. The van der Waals surface area contributed by atoms with Crippen LogP contribution in [0, 0.1) is 0 Å². The van der Waals surface area contributed by atoms with Crippen LogP contribution in [0.4, 0.5) is 0 Å². The van der Waals surface area contributed by atoms with E-state index in [1.54, 1.807) is 0 Å². The van der Waals surface area contributed by atoms with Crippen LogP contribution in [0.3, 0.4) is 0 Å². The zero-order valence-corrected chi connectivity index (χ0v) is 17.9. The molecule has 1 aromatic carbocycles. The summed E-state index contributed by atoms with van der Waals surface area (Å²) in [5, 5.41) is 3.69. The van der Waals surface area contributed by atoms with Crippen molar-refractivity contribution in [2.24, 2.45) is 0 Å². The zero-order valence-electron chi connectivity index (χ0n) is 17.9. The first-order valence-corrected chi connectivity index (χ1v) is 11.8. The number of hydrogen-bond acceptors (Lipinski definition) is 4. The highest BCUT2D eigenvalue weighted by Crippen LogP contribution is 2.49. The number of aromatic nitrogens is 1. The van der Waals surface area contributed by atoms with Crippen LogP contribution in [0.25, 0.3) is 0 Å². The number of rotatable bonds is 8. The first-order chi connectivity index (χ1) is 14.8. The maximum absolute atomic E-state index is 6.37. The van der Waals surface area contributed by atoms with E-state index in [2.05, 4.69) is 41.7 Å². The molecular formula is C26H34N2O2. The summed E-state index contributed by atoms with van der Waals surface area (Å²) in [6.45, 7) is 2.72. The van der Waals surface area contributed by atoms with Crippen molar-refractivity contribution in [2.75, 3.05) is 13.2 Å². The van der Waals surface area contributed by atoms with E-state index in [1.165, 1.54) is 49.8 Å². The van der Waals surface area contributed by atoms with Crippen molar-refractivity contribution in [1.29, 1.82) is 0 Å². The summed E-state index contributed by atoms with van der Waals surface area (Å²) in [6, 6.07) is 14.9. The van der Waals surface area contributed by atoms with Gasteiger partial charge in [0.05, 0.1) is 11.7 Å². The summed E-state index contributed by atoms with van der Waals surface area (Å²) in [5.41, 5.74) is 2.75. The van der Waals surface area contributed by atoms with Gasteiger partial charge in [-0.25, -0.2) is 0 Å². The van der Waals surface area contributed by atoms with Gasteiger partial charge >= 0.3 is 0 Å². The summed E-state index contributed by atoms with van der Waals surface area (Å²) < 4.78 is 12.3. The number of nitrogens with one attached hydrogen (secondary N) is 1. The van der Waals surface area contributed by atoms with Crippen molar-refractivity contribution in [3.05, 3.63) is 59.9 Å². The molecule has 1 unspecified atom stereocenters. The summed E-state index contributed by atoms with van der Waals surface area (Å²) in [5.74, 6) is 1.01. The molecule has 3 fully saturated rings. The van der Waals surface area contributed by atoms with Crippen molar-refractivity contribution < 1.29 is 9.47 Å². The van der Waals surface area contributed by atoms with E-state index in [0.29, 0.717) is 6.10 Å². The maximum atomic E-state index is 6.37. The van der Waals surface area contributed by atoms with E-state index in [1.807, 2.05) is 12.3 Å². The summed E-state index contributed by atoms with van der Waals surface area (Å²) in [4.78, 5) is 4.81. The molecule has 1 spiro atoms. The van der Waals surface area contributed by atoms with Crippen molar-refractivity contribution in [2.45, 2.75) is 81.5 Å². The third-order valence-electron chi connectivity index (χ3n) is 7.21. The molecule has 4 heteroatoms. The van der Waals surface area contributed by atoms with Crippen molar-refractivity contribution in [1.82, 2.24) is 10.3 Å². The van der Waals surface area contributed by atoms with E-state index in [0.717, 1.165) is 44.7 Å². The fourth-order valence-electron chi connectivity index (χ4n) is 5.46. The number of pyridine rings is 1. The number of hydrogen-bond donors (Lipinski definition) is 1. The molecule has 0 bridgehead atoms. The molecule has 30 heavy (non-hydrogen) atoms. The Labute approximate surface area is 180 Å². The lowest BCUT2D eigenvalue weighted by Crippen LogP contribution is -2.47. The molecule has 1 aliphatic heterocycles. The monoisotopic (exact) mass is 406 g/mol. The van der Waals surface area contributed by atoms with Crippen LogP contribution in [0.5, 0.6) is 5.75 Å². The lowest BCUT2D eigenvalue weighted by Gasteiger charge is -2.46. The zero-order chi connectivity index (χ0) is 20.3. The first-order valence-electron chi connectivity index (χ1n) is 11.8. The van der Waals surface area contributed by atoms with Gasteiger partial charge in [-0.3, -0.25) is 4.98 Å². The van der Waals surface area contributed by atoms with Gasteiger partial charge in [0, 0.05) is 30.5 Å². The summed E-state index contributed by atoms with van der Waals surface area (Å²) in [6.07, 6.45) is 13.1. The Bertz CT molecular complexity index is 830. The molecule has 1 atom stereocenters. The lowest BCUT2D eigenvalue weighted by atomic mass is 9.68. The van der Waals surface area contributed by atoms with Gasteiger partial charge in [-0.15, -0.1) is 0 Å². The third kappa shape index (κ3) is 4.55. The van der Waals surface area contributed by atoms with Crippen LogP contribution >= 0.6 is 0 Å². The predicted octanol–water partition coefficient (Wildman–Crippen LogP) is 5.16. The Hall–Kier alpha value is -1.91. The van der Waals surface area contributed by atoms with Crippen molar-refractivity contribution in [3.8, 4) is 5.75 Å². The van der Waals surface area contributed by atoms with E-state index in [9.17, 15) is 0 Å². The average molecular weight is 407 g/mol. The second-order valence-corrected chi connectivity index (χ2v) is 9.55. The molecule has 4 nitrogen and oxygen atoms in total. The highest BCUT2D eigenvalue weighted by molar-refractivity contribution is 5.29. The minimum absolute atomic E-state index is 0.0876. The van der Waals surface area contributed by atoms with Gasteiger partial charge in [0.1, 0.15) is 5.75 Å². The van der Waals surface area contributed by atoms with E-state index in [-0.39, 0.29) is 11.0 Å². The van der Waals surface area contributed by atoms with E-state index in [4.69, 9.17) is 14.5 Å². The first kappa shape index (κ1) is 20.0. The highest BCUT2D eigenvalue weighted by atomic mass is 16.5. The Balaban J connectivity index is 1.23. The van der Waals surface area contributed by atoms with Crippen LogP contribution in [0.15, 0.2) is 48.7 Å². The van der Waals surface area contributed by atoms with Crippen LogP contribution in [-0.2, 0) is 16.7 Å². The molecule has 2 aliphatic carbocycles. The smallest absolute Gasteiger partial charge is 0.120 e. The minimum atomic E-state index is 0.0876. The number of benzene rings is 1. The highest BCUT2D eigenvalue weighted by Gasteiger charge is 2.48. The predicted molar refractivity (Wildman–Crippen MR) is 119 cm³/mol. The molecule has 2 heterocycles. The van der Waals surface area contributed by atoms with Gasteiger partial charge in [0.15, 0.2) is 0 Å². The van der Waals surface area contributed by atoms with Crippen LogP contribution in [-0.4, -0.2) is 29.8 Å². The fraction of sp³-hybridized carbons (Fsp3) is 0.577. The molecule has 0 radical (unpaired) electrons. The van der Waals surface area contributed by atoms with Gasteiger partial charge in [-0.1, -0.05) is 31.0 Å². The molecule has 3 aliphatic rings.